The normalized spacial score (nSPS) is 13.7. The molecule has 0 aromatic heterocycles. The Kier molecular flexibility index (Phi) is 9.53. The predicted octanol–water partition coefficient (Wildman–Crippen LogP) is 1.11. The Balaban J connectivity index is 1.49. The van der Waals surface area contributed by atoms with Crippen LogP contribution in [0.15, 0.2) is 41.5 Å². The number of rotatable bonds is 13. The fourth-order valence-corrected chi connectivity index (χ4v) is 2.86. The molecule has 0 aliphatic carbocycles. The highest BCUT2D eigenvalue weighted by Crippen LogP contribution is 2.12. The van der Waals surface area contributed by atoms with Crippen molar-refractivity contribution in [3.8, 4) is 5.75 Å². The molecular formula is C21H29N5O4. The van der Waals surface area contributed by atoms with Crippen molar-refractivity contribution in [1.82, 2.24) is 21.1 Å². The van der Waals surface area contributed by atoms with Gasteiger partial charge in [0, 0.05) is 45.3 Å². The largest absolute Gasteiger partial charge is 0.409 e. The summed E-state index contributed by atoms with van der Waals surface area (Å²) in [6, 6.07) is 7.52. The van der Waals surface area contributed by atoms with Crippen molar-refractivity contribution >= 4 is 23.4 Å². The minimum absolute atomic E-state index is 0.0320. The van der Waals surface area contributed by atoms with Gasteiger partial charge in [0.15, 0.2) is 0 Å². The topological polar surface area (TPSA) is 112 Å². The lowest BCUT2D eigenvalue weighted by Crippen LogP contribution is -2.33. The molecule has 0 atom stereocenters. The molecule has 0 spiro atoms. The molecule has 3 amide bonds. The molecule has 9 heteroatoms. The number of hydrazone groups is 1. The highest BCUT2D eigenvalue weighted by molar-refractivity contribution is 6.12. The molecular weight excluding hydrogens is 386 g/mol. The summed E-state index contributed by atoms with van der Waals surface area (Å²) in [7, 11) is 1.75. The van der Waals surface area contributed by atoms with Crippen LogP contribution in [0.2, 0.25) is 0 Å². The summed E-state index contributed by atoms with van der Waals surface area (Å²) >= 11 is 0. The molecule has 1 aliphatic rings. The summed E-state index contributed by atoms with van der Waals surface area (Å²) in [6.07, 6.45) is 5.16. The van der Waals surface area contributed by atoms with Gasteiger partial charge in [-0.25, -0.2) is 0 Å². The van der Waals surface area contributed by atoms with Gasteiger partial charge in [-0.3, -0.25) is 19.3 Å². The maximum absolute atomic E-state index is 11.8. The first-order valence-corrected chi connectivity index (χ1v) is 10.0. The maximum atomic E-state index is 11.8. The van der Waals surface area contributed by atoms with Crippen LogP contribution in [0.1, 0.15) is 38.2 Å². The smallest absolute Gasteiger partial charge is 0.253 e. The number of hydroxylamine groups is 1. The third kappa shape index (κ3) is 7.67. The maximum Gasteiger partial charge on any atom is 0.253 e. The van der Waals surface area contributed by atoms with Crippen molar-refractivity contribution in [2.24, 2.45) is 5.10 Å². The second kappa shape index (κ2) is 12.4. The molecule has 1 aromatic carbocycles. The Morgan fingerprint density at radius 3 is 2.40 bits per heavy atom. The van der Waals surface area contributed by atoms with E-state index in [-0.39, 0.29) is 17.7 Å². The van der Waals surface area contributed by atoms with Crippen molar-refractivity contribution in [2.45, 2.75) is 32.6 Å². The molecule has 1 aliphatic heterocycles. The van der Waals surface area contributed by atoms with Gasteiger partial charge in [-0.15, -0.1) is 0 Å². The van der Waals surface area contributed by atoms with Crippen molar-refractivity contribution in [3.63, 3.8) is 0 Å². The number of carbonyl (C=O) groups is 3. The van der Waals surface area contributed by atoms with Crippen LogP contribution in [0.5, 0.6) is 5.75 Å². The molecule has 1 heterocycles. The zero-order valence-electron chi connectivity index (χ0n) is 17.4. The third-order valence-electron chi connectivity index (χ3n) is 4.48. The highest BCUT2D eigenvalue weighted by Gasteiger charge is 2.22. The van der Waals surface area contributed by atoms with Gasteiger partial charge < -0.3 is 15.6 Å². The van der Waals surface area contributed by atoms with E-state index in [1.165, 1.54) is 17.1 Å². The SMILES string of the molecule is CN/N=C(\C)c1ccc(ONCCNC(=O)CCCCCN2C(=O)C=CC2=O)cc1. The molecule has 30 heavy (non-hydrogen) atoms. The first kappa shape index (κ1) is 23.1. The number of unbranched alkanes of at least 4 members (excludes halogenated alkanes) is 2. The predicted molar refractivity (Wildman–Crippen MR) is 114 cm³/mol. The minimum Gasteiger partial charge on any atom is -0.409 e. The average Bonchev–Trinajstić information content (AvgIpc) is 3.06. The second-order valence-corrected chi connectivity index (χ2v) is 6.76. The molecule has 9 nitrogen and oxygen atoms in total. The van der Waals surface area contributed by atoms with Gasteiger partial charge in [0.1, 0.15) is 5.75 Å². The van der Waals surface area contributed by atoms with Crippen LogP contribution in [-0.2, 0) is 14.4 Å². The monoisotopic (exact) mass is 415 g/mol. The van der Waals surface area contributed by atoms with E-state index in [0.29, 0.717) is 44.6 Å². The van der Waals surface area contributed by atoms with E-state index in [4.69, 9.17) is 4.84 Å². The summed E-state index contributed by atoms with van der Waals surface area (Å²) in [6.45, 7) is 3.24. The summed E-state index contributed by atoms with van der Waals surface area (Å²) in [5, 5.41) is 6.94. The zero-order chi connectivity index (χ0) is 21.8. The van der Waals surface area contributed by atoms with Crippen LogP contribution < -0.4 is 21.1 Å². The Morgan fingerprint density at radius 2 is 1.73 bits per heavy atom. The lowest BCUT2D eigenvalue weighted by molar-refractivity contribution is -0.137. The molecule has 0 saturated heterocycles. The van der Waals surface area contributed by atoms with Crippen molar-refractivity contribution in [2.75, 3.05) is 26.7 Å². The van der Waals surface area contributed by atoms with Crippen LogP contribution in [0.25, 0.3) is 0 Å². The molecule has 0 unspecified atom stereocenters. The van der Waals surface area contributed by atoms with Gasteiger partial charge in [-0.05, 0) is 49.6 Å². The van der Waals surface area contributed by atoms with E-state index in [0.717, 1.165) is 17.7 Å². The van der Waals surface area contributed by atoms with Gasteiger partial charge >= 0.3 is 0 Å². The summed E-state index contributed by atoms with van der Waals surface area (Å²) in [5.74, 6) is 0.116. The second-order valence-electron chi connectivity index (χ2n) is 6.76. The van der Waals surface area contributed by atoms with E-state index >= 15 is 0 Å². The van der Waals surface area contributed by atoms with Crippen LogP contribution in [0.4, 0.5) is 0 Å². The summed E-state index contributed by atoms with van der Waals surface area (Å²) in [5.41, 5.74) is 7.45. The molecule has 162 valence electrons. The van der Waals surface area contributed by atoms with Gasteiger partial charge in [0.05, 0.1) is 5.71 Å². The number of imide groups is 1. The van der Waals surface area contributed by atoms with Crippen LogP contribution in [0, 0.1) is 0 Å². The number of benzene rings is 1. The highest BCUT2D eigenvalue weighted by atomic mass is 16.6. The van der Waals surface area contributed by atoms with Crippen molar-refractivity contribution < 1.29 is 19.2 Å². The Morgan fingerprint density at radius 1 is 1.03 bits per heavy atom. The lowest BCUT2D eigenvalue weighted by atomic mass is 10.1. The number of amides is 3. The van der Waals surface area contributed by atoms with Gasteiger partial charge in [-0.2, -0.15) is 10.6 Å². The van der Waals surface area contributed by atoms with E-state index in [2.05, 4.69) is 21.3 Å². The average molecular weight is 415 g/mol. The fraction of sp³-hybridized carbons (Fsp3) is 0.429. The Labute approximate surface area is 176 Å². The molecule has 0 bridgehead atoms. The Bertz CT molecular complexity index is 771. The van der Waals surface area contributed by atoms with E-state index in [9.17, 15) is 14.4 Å². The van der Waals surface area contributed by atoms with Crippen molar-refractivity contribution in [1.29, 1.82) is 0 Å². The molecule has 3 N–H and O–H groups in total. The van der Waals surface area contributed by atoms with Crippen LogP contribution in [-0.4, -0.2) is 55.0 Å². The van der Waals surface area contributed by atoms with Crippen molar-refractivity contribution in [3.05, 3.63) is 42.0 Å². The molecule has 2 rings (SSSR count). The van der Waals surface area contributed by atoms with Crippen LogP contribution in [0.3, 0.4) is 0 Å². The number of carbonyl (C=O) groups excluding carboxylic acids is 3. The lowest BCUT2D eigenvalue weighted by Gasteiger charge is -2.13. The number of nitrogens with one attached hydrogen (secondary N) is 3. The first-order valence-electron chi connectivity index (χ1n) is 10.0. The fourth-order valence-electron chi connectivity index (χ4n) is 2.86. The van der Waals surface area contributed by atoms with E-state index in [1.54, 1.807) is 7.05 Å². The summed E-state index contributed by atoms with van der Waals surface area (Å²) in [4.78, 5) is 41.3. The first-order chi connectivity index (χ1) is 14.5. The molecule has 0 fully saturated rings. The molecule has 1 aromatic rings. The van der Waals surface area contributed by atoms with Gasteiger partial charge in [0.25, 0.3) is 11.8 Å². The number of nitrogens with zero attached hydrogens (tertiary/aromatic N) is 2. The Hall–Kier alpha value is -3.20. The molecule has 0 saturated carbocycles. The summed E-state index contributed by atoms with van der Waals surface area (Å²) < 4.78 is 0. The number of hydrogen-bond donors (Lipinski definition) is 3. The molecule has 0 radical (unpaired) electrons. The third-order valence-corrected chi connectivity index (χ3v) is 4.48. The standard InChI is InChI=1S/C21H29N5O4/c1-16(25-22-2)17-7-9-18(10-8-17)30-24-14-13-23-19(27)6-4-3-5-15-26-20(28)11-12-21(26)29/h7-12,22,24H,3-6,13-15H2,1-2H3,(H,23,27)/b25-16+. The van der Waals surface area contributed by atoms with Gasteiger partial charge in [0.2, 0.25) is 5.91 Å². The zero-order valence-corrected chi connectivity index (χ0v) is 17.4. The van der Waals surface area contributed by atoms with Gasteiger partial charge in [-0.1, -0.05) is 6.42 Å². The minimum atomic E-state index is -0.263. The van der Waals surface area contributed by atoms with E-state index in [1.807, 2.05) is 31.2 Å². The quantitative estimate of drug-likeness (QED) is 0.193. The van der Waals surface area contributed by atoms with Crippen LogP contribution >= 0.6 is 0 Å². The van der Waals surface area contributed by atoms with E-state index < -0.39 is 0 Å². The number of hydrogen-bond acceptors (Lipinski definition) is 7.